The Morgan fingerprint density at radius 2 is 2.04 bits per heavy atom. The van der Waals surface area contributed by atoms with Gasteiger partial charge >= 0.3 is 0 Å². The maximum Gasteiger partial charge on any atom is 0.266 e. The van der Waals surface area contributed by atoms with E-state index < -0.39 is 0 Å². The minimum absolute atomic E-state index is 0.134. The van der Waals surface area contributed by atoms with Gasteiger partial charge in [-0.2, -0.15) is 5.10 Å². The average molecular weight is 376 g/mol. The molecule has 28 heavy (non-hydrogen) atoms. The van der Waals surface area contributed by atoms with E-state index in [4.69, 9.17) is 11.2 Å². The Kier molecular flexibility index (Phi) is 4.48. The zero-order valence-electron chi connectivity index (χ0n) is 16.5. The molecule has 1 N–H and O–H groups in total. The number of piperidine rings is 1. The summed E-state index contributed by atoms with van der Waals surface area (Å²) in [4.78, 5) is 17.8. The zero-order chi connectivity index (χ0) is 19.9. The third-order valence-electron chi connectivity index (χ3n) is 5.80. The topological polar surface area (TPSA) is 63.1 Å². The van der Waals surface area contributed by atoms with Gasteiger partial charge in [0.2, 0.25) is 0 Å². The first-order valence-corrected chi connectivity index (χ1v) is 9.40. The molecule has 6 nitrogen and oxygen atoms in total. The second-order valence-corrected chi connectivity index (χ2v) is 7.63. The van der Waals surface area contributed by atoms with E-state index in [0.29, 0.717) is 5.56 Å². The van der Waals surface area contributed by atoms with Crippen molar-refractivity contribution in [3.8, 4) is 23.5 Å². The van der Waals surface area contributed by atoms with E-state index in [1.807, 2.05) is 31.6 Å². The number of aryl methyl sites for hydroxylation is 1. The van der Waals surface area contributed by atoms with Gasteiger partial charge in [0.25, 0.3) is 5.56 Å². The minimum Gasteiger partial charge on any atom is -0.378 e. The normalized spacial score (nSPS) is 16.3. The summed E-state index contributed by atoms with van der Waals surface area (Å²) in [6, 6.07) is 6.02. The van der Waals surface area contributed by atoms with Crippen LogP contribution in [0.5, 0.6) is 0 Å². The molecular formula is C22H24N4O2. The van der Waals surface area contributed by atoms with Gasteiger partial charge in [-0.25, -0.2) is 0 Å². The van der Waals surface area contributed by atoms with E-state index in [2.05, 4.69) is 33.9 Å². The summed E-state index contributed by atoms with van der Waals surface area (Å²) in [5.74, 6) is 2.62. The molecule has 6 heteroatoms. The number of nitrogens with zero attached hydrogens (tertiary/aromatic N) is 3. The first kappa shape index (κ1) is 18.3. The number of hydrogen-bond acceptors (Lipinski definition) is 4. The molecule has 0 spiro atoms. The molecule has 0 bridgehead atoms. The van der Waals surface area contributed by atoms with Crippen LogP contribution in [-0.2, 0) is 11.8 Å². The third kappa shape index (κ3) is 3.08. The number of H-pyrrole nitrogens is 1. The molecule has 1 aromatic carbocycles. The van der Waals surface area contributed by atoms with Crippen LogP contribution >= 0.6 is 0 Å². The fourth-order valence-electron chi connectivity index (χ4n) is 3.90. The summed E-state index contributed by atoms with van der Waals surface area (Å²) in [6.45, 7) is 3.70. The number of benzene rings is 1. The highest BCUT2D eigenvalue weighted by Gasteiger charge is 2.31. The largest absolute Gasteiger partial charge is 0.378 e. The van der Waals surface area contributed by atoms with Crippen LogP contribution in [0.15, 0.2) is 35.4 Å². The number of pyridine rings is 1. The molecule has 4 rings (SSSR count). The van der Waals surface area contributed by atoms with Crippen molar-refractivity contribution in [3.63, 3.8) is 0 Å². The molecule has 3 heterocycles. The van der Waals surface area contributed by atoms with Gasteiger partial charge in [0.05, 0.1) is 23.0 Å². The lowest BCUT2D eigenvalue weighted by Gasteiger charge is -2.40. The quantitative estimate of drug-likeness (QED) is 0.714. The number of fused-ring (bicyclic) bond motifs is 1. The molecule has 0 amide bonds. The molecular weight excluding hydrogens is 352 g/mol. The number of rotatable bonds is 3. The van der Waals surface area contributed by atoms with Gasteiger partial charge in [-0.3, -0.25) is 9.48 Å². The van der Waals surface area contributed by atoms with E-state index in [1.165, 1.54) is 0 Å². The number of methoxy groups -OCH3 is 1. The Hall–Kier alpha value is -3.04. The van der Waals surface area contributed by atoms with Crippen molar-refractivity contribution in [3.05, 3.63) is 46.5 Å². The van der Waals surface area contributed by atoms with Gasteiger partial charge < -0.3 is 14.6 Å². The molecule has 1 aliphatic heterocycles. The summed E-state index contributed by atoms with van der Waals surface area (Å²) in [7, 11) is 3.65. The Morgan fingerprint density at radius 1 is 1.29 bits per heavy atom. The monoisotopic (exact) mass is 376 g/mol. The summed E-state index contributed by atoms with van der Waals surface area (Å²) in [5, 5.41) is 5.21. The number of nitrogens with one attached hydrogen (secondary N) is 1. The first-order chi connectivity index (χ1) is 13.4. The third-order valence-corrected chi connectivity index (χ3v) is 5.80. The van der Waals surface area contributed by atoms with Crippen molar-refractivity contribution in [1.82, 2.24) is 14.8 Å². The van der Waals surface area contributed by atoms with Crippen LogP contribution in [0.4, 0.5) is 5.69 Å². The molecule has 0 unspecified atom stereocenters. The van der Waals surface area contributed by atoms with Crippen molar-refractivity contribution < 1.29 is 4.74 Å². The van der Waals surface area contributed by atoms with E-state index in [0.717, 1.165) is 53.6 Å². The predicted octanol–water partition coefficient (Wildman–Crippen LogP) is 2.92. The van der Waals surface area contributed by atoms with Crippen molar-refractivity contribution in [2.75, 3.05) is 25.1 Å². The highest BCUT2D eigenvalue weighted by molar-refractivity contribution is 5.97. The van der Waals surface area contributed by atoms with Crippen LogP contribution < -0.4 is 10.5 Å². The van der Waals surface area contributed by atoms with Crippen LogP contribution in [0.2, 0.25) is 0 Å². The lowest BCUT2D eigenvalue weighted by atomic mass is 9.92. The van der Waals surface area contributed by atoms with Crippen molar-refractivity contribution in [1.29, 1.82) is 0 Å². The second kappa shape index (κ2) is 6.84. The van der Waals surface area contributed by atoms with E-state index in [1.54, 1.807) is 11.8 Å². The van der Waals surface area contributed by atoms with Gasteiger partial charge in [0.1, 0.15) is 5.56 Å². The van der Waals surface area contributed by atoms with Crippen LogP contribution in [0.25, 0.3) is 22.0 Å². The van der Waals surface area contributed by atoms with Crippen LogP contribution in [-0.4, -0.2) is 40.6 Å². The van der Waals surface area contributed by atoms with Crippen molar-refractivity contribution >= 4 is 16.6 Å². The number of hydrogen-bond donors (Lipinski definition) is 1. The summed E-state index contributed by atoms with van der Waals surface area (Å²) in [6.07, 6.45) is 11.3. The van der Waals surface area contributed by atoms with Crippen molar-refractivity contribution in [2.45, 2.75) is 25.4 Å². The summed E-state index contributed by atoms with van der Waals surface area (Å²) < 4.78 is 7.44. The molecule has 0 radical (unpaired) electrons. The molecule has 0 aliphatic carbocycles. The maximum absolute atomic E-state index is 12.6. The predicted molar refractivity (Wildman–Crippen MR) is 112 cm³/mol. The van der Waals surface area contributed by atoms with Gasteiger partial charge in [-0.05, 0) is 37.5 Å². The summed E-state index contributed by atoms with van der Waals surface area (Å²) >= 11 is 0. The molecule has 144 valence electrons. The fourth-order valence-corrected chi connectivity index (χ4v) is 3.90. The van der Waals surface area contributed by atoms with Crippen LogP contribution in [0, 0.1) is 12.3 Å². The molecule has 2 aromatic heterocycles. The fraction of sp³-hybridized carbons (Fsp3) is 0.364. The SMILES string of the molecule is C#Cc1c(N2CCC(C)(OC)CC2)c2cc(-c3cnn(C)c3)ccc2[nH]c1=O. The number of aromatic nitrogens is 3. The van der Waals surface area contributed by atoms with Gasteiger partial charge in [-0.1, -0.05) is 12.0 Å². The summed E-state index contributed by atoms with van der Waals surface area (Å²) in [5.41, 5.74) is 3.71. The second-order valence-electron chi connectivity index (χ2n) is 7.63. The van der Waals surface area contributed by atoms with Gasteiger partial charge in [-0.15, -0.1) is 6.42 Å². The van der Waals surface area contributed by atoms with E-state index >= 15 is 0 Å². The molecule has 0 saturated carbocycles. The Labute approximate surface area is 164 Å². The molecule has 1 saturated heterocycles. The Bertz CT molecular complexity index is 1130. The number of aromatic amines is 1. The van der Waals surface area contributed by atoms with E-state index in [-0.39, 0.29) is 11.2 Å². The average Bonchev–Trinajstić information content (AvgIpc) is 3.14. The molecule has 1 aliphatic rings. The number of terminal acetylenes is 1. The van der Waals surface area contributed by atoms with Gasteiger partial charge in [0.15, 0.2) is 0 Å². The highest BCUT2D eigenvalue weighted by Crippen LogP contribution is 2.35. The number of anilines is 1. The van der Waals surface area contributed by atoms with E-state index in [9.17, 15) is 4.79 Å². The lowest BCUT2D eigenvalue weighted by molar-refractivity contribution is -0.0132. The van der Waals surface area contributed by atoms with Crippen LogP contribution in [0.1, 0.15) is 25.3 Å². The Balaban J connectivity index is 1.87. The highest BCUT2D eigenvalue weighted by atomic mass is 16.5. The van der Waals surface area contributed by atoms with Gasteiger partial charge in [0, 0.05) is 44.4 Å². The first-order valence-electron chi connectivity index (χ1n) is 9.40. The minimum atomic E-state index is -0.223. The molecule has 3 aromatic rings. The maximum atomic E-state index is 12.6. The Morgan fingerprint density at radius 3 is 2.64 bits per heavy atom. The standard InChI is InChI=1S/C22H24N4O2/c1-5-17-20(26-10-8-22(2,28-4)9-11-26)18-12-15(16-13-23-25(3)14-16)6-7-19(18)24-21(17)27/h1,6-7,12-14H,8-11H2,2-4H3,(H,24,27). The molecule has 1 fully saturated rings. The smallest absolute Gasteiger partial charge is 0.266 e. The van der Waals surface area contributed by atoms with Crippen molar-refractivity contribution in [2.24, 2.45) is 7.05 Å². The zero-order valence-corrected chi connectivity index (χ0v) is 16.5. The molecule has 0 atom stereocenters. The number of ether oxygens (including phenoxy) is 1. The van der Waals surface area contributed by atoms with Crippen LogP contribution in [0.3, 0.4) is 0 Å². The lowest BCUT2D eigenvalue weighted by Crippen LogP contribution is -2.44.